The molecule has 0 amide bonds. The first-order valence-electron chi connectivity index (χ1n) is 10.3. The maximum atomic E-state index is 11.7. The van der Waals surface area contributed by atoms with Crippen molar-refractivity contribution in [2.24, 2.45) is 0 Å². The first kappa shape index (κ1) is 20.6. The Bertz CT molecular complexity index is 803. The molecule has 2 aromatic rings. The Kier molecular flexibility index (Phi) is 6.53. The van der Waals surface area contributed by atoms with E-state index in [0.29, 0.717) is 12.1 Å². The lowest BCUT2D eigenvalue weighted by molar-refractivity contribution is 0.0241. The molecule has 0 unspecified atom stereocenters. The molecule has 3 rings (SSSR count). The minimum absolute atomic E-state index is 0.0503. The summed E-state index contributed by atoms with van der Waals surface area (Å²) in [4.78, 5) is 16.8. The lowest BCUT2D eigenvalue weighted by Gasteiger charge is -2.47. The van der Waals surface area contributed by atoms with Crippen molar-refractivity contribution in [1.82, 2.24) is 9.80 Å². The zero-order valence-corrected chi connectivity index (χ0v) is 17.4. The number of benzene rings is 2. The second-order valence-corrected chi connectivity index (χ2v) is 8.07. The van der Waals surface area contributed by atoms with E-state index < -0.39 is 0 Å². The molecule has 1 aliphatic heterocycles. The molecule has 2 aromatic carbocycles. The van der Waals surface area contributed by atoms with Crippen LogP contribution in [0.5, 0.6) is 5.75 Å². The number of aromatic hydroxyl groups is 1. The summed E-state index contributed by atoms with van der Waals surface area (Å²) in [6, 6.07) is 16.4. The number of carbonyl (C=O) groups excluding carboxylic acids is 1. The van der Waals surface area contributed by atoms with Gasteiger partial charge in [0.2, 0.25) is 0 Å². The summed E-state index contributed by atoms with van der Waals surface area (Å²) in [6.45, 7) is 11.5. The van der Waals surface area contributed by atoms with Crippen LogP contribution >= 0.6 is 0 Å². The molecule has 4 heteroatoms. The minimum atomic E-state index is 0.0503. The molecule has 1 heterocycles. The number of hydrogen-bond donors (Lipinski definition) is 1. The summed E-state index contributed by atoms with van der Waals surface area (Å²) in [6.07, 6.45) is 1.17. The Morgan fingerprint density at radius 1 is 1.07 bits per heavy atom. The molecule has 0 radical (unpaired) electrons. The fourth-order valence-electron chi connectivity index (χ4n) is 4.35. The standard InChI is InChI=1S/C24H32N2O2/c1-5-13-25-15-18(3)26(16-17(25)2)24(22-7-6-8-23(28)14-22)21-11-9-20(10-12-21)19(4)27/h6-12,14,17-18,24,28H,5,13,15-16H2,1-4H3/t17-,18-,24-/m1/s1. The number of hydrogen-bond acceptors (Lipinski definition) is 4. The molecule has 1 aliphatic rings. The monoisotopic (exact) mass is 380 g/mol. The van der Waals surface area contributed by atoms with Crippen LogP contribution in [0.25, 0.3) is 0 Å². The summed E-state index contributed by atoms with van der Waals surface area (Å²) < 4.78 is 0. The molecule has 0 saturated carbocycles. The van der Waals surface area contributed by atoms with Gasteiger partial charge in [0.15, 0.2) is 5.78 Å². The molecule has 1 saturated heterocycles. The van der Waals surface area contributed by atoms with E-state index in [1.54, 1.807) is 13.0 Å². The highest BCUT2D eigenvalue weighted by Crippen LogP contribution is 2.34. The zero-order chi connectivity index (χ0) is 20.3. The highest BCUT2D eigenvalue weighted by atomic mass is 16.3. The van der Waals surface area contributed by atoms with Crippen LogP contribution in [-0.4, -0.2) is 52.4 Å². The van der Waals surface area contributed by atoms with Gasteiger partial charge in [-0.3, -0.25) is 14.6 Å². The highest BCUT2D eigenvalue weighted by Gasteiger charge is 2.34. The molecule has 0 bridgehead atoms. The van der Waals surface area contributed by atoms with E-state index in [4.69, 9.17) is 0 Å². The summed E-state index contributed by atoms with van der Waals surface area (Å²) in [5.74, 6) is 0.365. The molecule has 28 heavy (non-hydrogen) atoms. The lowest BCUT2D eigenvalue weighted by atomic mass is 9.92. The molecule has 4 nitrogen and oxygen atoms in total. The first-order valence-corrected chi connectivity index (χ1v) is 10.3. The van der Waals surface area contributed by atoms with Crippen molar-refractivity contribution in [3.05, 3.63) is 65.2 Å². The number of phenolic OH excluding ortho intramolecular Hbond substituents is 1. The predicted molar refractivity (Wildman–Crippen MR) is 114 cm³/mol. The van der Waals surface area contributed by atoms with Gasteiger partial charge in [-0.1, -0.05) is 43.3 Å². The van der Waals surface area contributed by atoms with Gasteiger partial charge in [-0.2, -0.15) is 0 Å². The Labute approximate surface area is 168 Å². The third-order valence-electron chi connectivity index (χ3n) is 5.82. The fraction of sp³-hybridized carbons (Fsp3) is 0.458. The van der Waals surface area contributed by atoms with Crippen LogP contribution in [0.15, 0.2) is 48.5 Å². The SMILES string of the molecule is CCCN1C[C@@H](C)N([C@H](c2ccc(C(C)=O)cc2)c2cccc(O)c2)C[C@H]1C. The Morgan fingerprint density at radius 3 is 2.39 bits per heavy atom. The molecular weight excluding hydrogens is 348 g/mol. The van der Waals surface area contributed by atoms with Crippen LogP contribution in [-0.2, 0) is 0 Å². The fourth-order valence-corrected chi connectivity index (χ4v) is 4.35. The van der Waals surface area contributed by atoms with Crippen molar-refractivity contribution in [2.75, 3.05) is 19.6 Å². The second kappa shape index (κ2) is 8.89. The molecular formula is C24H32N2O2. The maximum absolute atomic E-state index is 11.7. The van der Waals surface area contributed by atoms with E-state index in [-0.39, 0.29) is 17.6 Å². The minimum Gasteiger partial charge on any atom is -0.508 e. The van der Waals surface area contributed by atoms with Crippen molar-refractivity contribution >= 4 is 5.78 Å². The smallest absolute Gasteiger partial charge is 0.159 e. The predicted octanol–water partition coefficient (Wildman–Crippen LogP) is 4.49. The van der Waals surface area contributed by atoms with Crippen molar-refractivity contribution in [3.8, 4) is 5.75 Å². The van der Waals surface area contributed by atoms with Gasteiger partial charge in [-0.25, -0.2) is 0 Å². The molecule has 0 aliphatic carbocycles. The van der Waals surface area contributed by atoms with Gasteiger partial charge >= 0.3 is 0 Å². The van der Waals surface area contributed by atoms with Crippen molar-refractivity contribution in [2.45, 2.75) is 52.2 Å². The van der Waals surface area contributed by atoms with Gasteiger partial charge < -0.3 is 5.11 Å². The molecule has 1 N–H and O–H groups in total. The molecule has 0 spiro atoms. The van der Waals surface area contributed by atoms with E-state index in [0.717, 1.165) is 36.3 Å². The van der Waals surface area contributed by atoms with Crippen molar-refractivity contribution in [3.63, 3.8) is 0 Å². The highest BCUT2D eigenvalue weighted by molar-refractivity contribution is 5.94. The molecule has 3 atom stereocenters. The van der Waals surface area contributed by atoms with Gasteiger partial charge in [0, 0.05) is 30.7 Å². The molecule has 0 aromatic heterocycles. The van der Waals surface area contributed by atoms with Crippen LogP contribution in [0, 0.1) is 0 Å². The number of ketones is 1. The maximum Gasteiger partial charge on any atom is 0.159 e. The van der Waals surface area contributed by atoms with Crippen molar-refractivity contribution < 1.29 is 9.90 Å². The van der Waals surface area contributed by atoms with E-state index in [2.05, 4.69) is 48.8 Å². The van der Waals surface area contributed by atoms with Gasteiger partial charge in [0.1, 0.15) is 5.75 Å². The van der Waals surface area contributed by atoms with Gasteiger partial charge in [-0.05, 0) is 57.0 Å². The first-order chi connectivity index (χ1) is 13.4. The lowest BCUT2D eigenvalue weighted by Crippen LogP contribution is -2.57. The number of phenols is 1. The van der Waals surface area contributed by atoms with E-state index in [1.807, 2.05) is 24.3 Å². The number of piperazine rings is 1. The summed E-state index contributed by atoms with van der Waals surface area (Å²) >= 11 is 0. The topological polar surface area (TPSA) is 43.8 Å². The van der Waals surface area contributed by atoms with Crippen LogP contribution in [0.1, 0.15) is 61.6 Å². The van der Waals surface area contributed by atoms with Crippen molar-refractivity contribution in [1.29, 1.82) is 0 Å². The second-order valence-electron chi connectivity index (χ2n) is 8.07. The average molecular weight is 381 g/mol. The van der Waals surface area contributed by atoms with Gasteiger partial charge in [0.05, 0.1) is 6.04 Å². The van der Waals surface area contributed by atoms with E-state index in [9.17, 15) is 9.90 Å². The number of rotatable bonds is 6. The Morgan fingerprint density at radius 2 is 1.79 bits per heavy atom. The Hall–Kier alpha value is -2.17. The third kappa shape index (κ3) is 4.45. The molecule has 1 fully saturated rings. The van der Waals surface area contributed by atoms with Crippen LogP contribution in [0.2, 0.25) is 0 Å². The van der Waals surface area contributed by atoms with E-state index in [1.165, 1.54) is 6.42 Å². The van der Waals surface area contributed by atoms with Gasteiger partial charge in [-0.15, -0.1) is 0 Å². The van der Waals surface area contributed by atoms with Crippen LogP contribution < -0.4 is 0 Å². The summed E-state index contributed by atoms with van der Waals surface area (Å²) in [5.41, 5.74) is 2.96. The Balaban J connectivity index is 1.98. The van der Waals surface area contributed by atoms with E-state index >= 15 is 0 Å². The number of Topliss-reactive ketones (excluding diaryl/α,β-unsaturated/α-hetero) is 1. The normalized spacial score (nSPS) is 22.1. The largest absolute Gasteiger partial charge is 0.508 e. The number of carbonyl (C=O) groups is 1. The summed E-state index contributed by atoms with van der Waals surface area (Å²) in [5, 5.41) is 10.1. The summed E-state index contributed by atoms with van der Waals surface area (Å²) in [7, 11) is 0. The molecule has 150 valence electrons. The zero-order valence-electron chi connectivity index (χ0n) is 17.4. The number of nitrogens with zero attached hydrogens (tertiary/aromatic N) is 2. The average Bonchev–Trinajstić information content (AvgIpc) is 2.66. The van der Waals surface area contributed by atoms with Crippen LogP contribution in [0.3, 0.4) is 0 Å². The third-order valence-corrected chi connectivity index (χ3v) is 5.82. The van der Waals surface area contributed by atoms with Gasteiger partial charge in [0.25, 0.3) is 0 Å². The van der Waals surface area contributed by atoms with Crippen LogP contribution in [0.4, 0.5) is 0 Å². The quantitative estimate of drug-likeness (QED) is 0.750.